The molecule has 0 spiro atoms. The molecule has 0 saturated heterocycles. The molecule has 0 amide bonds. The highest BCUT2D eigenvalue weighted by molar-refractivity contribution is 6.54. The van der Waals surface area contributed by atoms with E-state index in [0.29, 0.717) is 0 Å². The first kappa shape index (κ1) is 9.21. The topological polar surface area (TPSA) is 43.1 Å². The van der Waals surface area contributed by atoms with E-state index in [9.17, 15) is 4.79 Å². The van der Waals surface area contributed by atoms with Gasteiger partial charge < -0.3 is 5.73 Å². The highest BCUT2D eigenvalue weighted by atomic mass is 35.5. The molecule has 0 bridgehead atoms. The Kier molecular flexibility index (Phi) is 2.93. The molecule has 0 aromatic carbocycles. The summed E-state index contributed by atoms with van der Waals surface area (Å²) in [6.45, 7) is 3.13. The van der Waals surface area contributed by atoms with Crippen molar-refractivity contribution in [2.45, 2.75) is 24.2 Å². The van der Waals surface area contributed by atoms with Crippen LogP contribution in [0.1, 0.15) is 13.8 Å². The minimum atomic E-state index is -1.01. The number of rotatable bonds is 2. The quantitative estimate of drug-likeness (QED) is 0.630. The van der Waals surface area contributed by atoms with Crippen molar-refractivity contribution < 1.29 is 4.79 Å². The maximum atomic E-state index is 10.8. The fourth-order valence-corrected chi connectivity index (χ4v) is 0.844. The summed E-state index contributed by atoms with van der Waals surface area (Å²) in [6, 6.07) is 0. The molecule has 2 nitrogen and oxygen atoms in total. The van der Waals surface area contributed by atoms with Crippen molar-refractivity contribution in [1.29, 1.82) is 0 Å². The van der Waals surface area contributed by atoms with Crippen LogP contribution in [0.2, 0.25) is 0 Å². The van der Waals surface area contributed by atoms with Crippen LogP contribution < -0.4 is 5.73 Å². The van der Waals surface area contributed by atoms with Gasteiger partial charge in [-0.1, -0.05) is 23.2 Å². The molecule has 0 unspecified atom stereocenters. The van der Waals surface area contributed by atoms with Gasteiger partial charge in [0.25, 0.3) is 0 Å². The SMILES string of the molecule is CC(C)(N)C(=O)C(Cl)Cl. The number of carbonyl (C=O) groups excluding carboxylic acids is 1. The molecule has 0 aromatic rings. The van der Waals surface area contributed by atoms with Crippen LogP contribution in [0, 0.1) is 0 Å². The van der Waals surface area contributed by atoms with Gasteiger partial charge >= 0.3 is 0 Å². The van der Waals surface area contributed by atoms with E-state index in [-0.39, 0.29) is 5.78 Å². The number of alkyl halides is 2. The molecule has 0 aromatic heterocycles. The first-order valence-electron chi connectivity index (χ1n) is 2.47. The average Bonchev–Trinajstić information content (AvgIpc) is 1.62. The second kappa shape index (κ2) is 2.86. The molecule has 0 atom stereocenters. The van der Waals surface area contributed by atoms with Gasteiger partial charge in [-0.3, -0.25) is 4.79 Å². The van der Waals surface area contributed by atoms with Crippen molar-refractivity contribution >= 4 is 29.0 Å². The molecule has 2 N–H and O–H groups in total. The summed E-state index contributed by atoms with van der Waals surface area (Å²) in [5.41, 5.74) is 4.44. The predicted octanol–water partition coefficient (Wildman–Crippen LogP) is 1.10. The second-order valence-electron chi connectivity index (χ2n) is 2.39. The zero-order valence-corrected chi connectivity index (χ0v) is 6.83. The lowest BCUT2D eigenvalue weighted by molar-refractivity contribution is -0.121. The van der Waals surface area contributed by atoms with E-state index in [1.54, 1.807) is 13.8 Å². The largest absolute Gasteiger partial charge is 0.319 e. The summed E-state index contributed by atoms with van der Waals surface area (Å²) < 4.78 is 0. The molecule has 0 rings (SSSR count). The van der Waals surface area contributed by atoms with Crippen LogP contribution in [0.25, 0.3) is 0 Å². The molecule has 0 radical (unpaired) electrons. The Bertz CT molecular complexity index is 117. The Hall–Kier alpha value is 0.210. The smallest absolute Gasteiger partial charge is 0.184 e. The van der Waals surface area contributed by atoms with Crippen LogP contribution in [-0.4, -0.2) is 16.2 Å². The fraction of sp³-hybridized carbons (Fsp3) is 0.800. The number of nitrogens with two attached hydrogens (primary N) is 1. The Morgan fingerprint density at radius 3 is 1.89 bits per heavy atom. The van der Waals surface area contributed by atoms with Gasteiger partial charge in [-0.25, -0.2) is 0 Å². The summed E-state index contributed by atoms with van der Waals surface area (Å²) in [7, 11) is 0. The van der Waals surface area contributed by atoms with E-state index in [4.69, 9.17) is 28.9 Å². The zero-order valence-electron chi connectivity index (χ0n) is 5.32. The average molecular weight is 170 g/mol. The third kappa shape index (κ3) is 3.04. The fourth-order valence-electron chi connectivity index (χ4n) is 0.281. The van der Waals surface area contributed by atoms with Crippen molar-refractivity contribution in [1.82, 2.24) is 0 Å². The van der Waals surface area contributed by atoms with Gasteiger partial charge in [0.05, 0.1) is 5.54 Å². The lowest BCUT2D eigenvalue weighted by Gasteiger charge is -2.16. The molecular weight excluding hydrogens is 161 g/mol. The van der Waals surface area contributed by atoms with Crippen molar-refractivity contribution in [3.8, 4) is 0 Å². The Labute approximate surface area is 64.3 Å². The number of carbonyl (C=O) groups is 1. The summed E-state index contributed by atoms with van der Waals surface area (Å²) in [5, 5.41) is 0. The molecule has 0 heterocycles. The Morgan fingerprint density at radius 2 is 1.89 bits per heavy atom. The number of Topliss-reactive ketones (excluding diaryl/α,β-unsaturated/α-hetero) is 1. The first-order valence-corrected chi connectivity index (χ1v) is 3.34. The van der Waals surface area contributed by atoms with Gasteiger partial charge in [0.1, 0.15) is 0 Å². The van der Waals surface area contributed by atoms with E-state index in [2.05, 4.69) is 0 Å². The van der Waals surface area contributed by atoms with Crippen LogP contribution >= 0.6 is 23.2 Å². The lowest BCUT2D eigenvalue weighted by Crippen LogP contribution is -2.44. The third-order valence-corrected chi connectivity index (χ3v) is 1.23. The van der Waals surface area contributed by atoms with E-state index in [1.165, 1.54) is 0 Å². The molecule has 0 aliphatic heterocycles. The first-order chi connectivity index (χ1) is 3.85. The van der Waals surface area contributed by atoms with E-state index >= 15 is 0 Å². The molecular formula is C5H9Cl2NO. The highest BCUT2D eigenvalue weighted by Gasteiger charge is 2.26. The maximum absolute atomic E-state index is 10.8. The van der Waals surface area contributed by atoms with Gasteiger partial charge in [0, 0.05) is 0 Å². The standard InChI is InChI=1S/C5H9Cl2NO/c1-5(2,8)3(9)4(6)7/h4H,8H2,1-2H3. The molecule has 4 heteroatoms. The summed E-state index contributed by atoms with van der Waals surface area (Å²) in [6.07, 6.45) is 0. The minimum absolute atomic E-state index is 0.356. The summed E-state index contributed by atoms with van der Waals surface area (Å²) in [5.74, 6) is -0.356. The third-order valence-electron chi connectivity index (χ3n) is 0.833. The zero-order chi connectivity index (χ0) is 7.65. The van der Waals surface area contributed by atoms with Crippen molar-refractivity contribution in [3.63, 3.8) is 0 Å². The second-order valence-corrected chi connectivity index (χ2v) is 3.48. The maximum Gasteiger partial charge on any atom is 0.184 e. The Morgan fingerprint density at radius 1 is 1.56 bits per heavy atom. The van der Waals surface area contributed by atoms with Gasteiger partial charge in [-0.2, -0.15) is 0 Å². The Balaban J connectivity index is 4.06. The van der Waals surface area contributed by atoms with Crippen LogP contribution in [-0.2, 0) is 4.79 Å². The monoisotopic (exact) mass is 169 g/mol. The van der Waals surface area contributed by atoms with Gasteiger partial charge in [-0.15, -0.1) is 0 Å². The number of hydrogen-bond acceptors (Lipinski definition) is 2. The number of halogens is 2. The normalized spacial score (nSPS) is 12.2. The van der Waals surface area contributed by atoms with Crippen LogP contribution in [0.5, 0.6) is 0 Å². The molecule has 0 saturated carbocycles. The van der Waals surface area contributed by atoms with Crippen LogP contribution in [0.3, 0.4) is 0 Å². The van der Waals surface area contributed by atoms with Gasteiger partial charge in [0.15, 0.2) is 10.6 Å². The molecule has 0 fully saturated rings. The lowest BCUT2D eigenvalue weighted by atomic mass is 10.0. The highest BCUT2D eigenvalue weighted by Crippen LogP contribution is 2.11. The van der Waals surface area contributed by atoms with E-state index < -0.39 is 10.4 Å². The number of ketones is 1. The minimum Gasteiger partial charge on any atom is -0.319 e. The molecule has 9 heavy (non-hydrogen) atoms. The summed E-state index contributed by atoms with van der Waals surface area (Å²) in [4.78, 5) is 9.77. The summed E-state index contributed by atoms with van der Waals surface area (Å²) >= 11 is 10.5. The van der Waals surface area contributed by atoms with E-state index in [0.717, 1.165) is 0 Å². The van der Waals surface area contributed by atoms with Crippen molar-refractivity contribution in [2.24, 2.45) is 5.73 Å². The van der Waals surface area contributed by atoms with Gasteiger partial charge in [0.2, 0.25) is 0 Å². The van der Waals surface area contributed by atoms with Crippen molar-refractivity contribution in [3.05, 3.63) is 0 Å². The predicted molar refractivity (Wildman–Crippen MR) is 38.8 cm³/mol. The molecule has 54 valence electrons. The van der Waals surface area contributed by atoms with Gasteiger partial charge in [-0.05, 0) is 13.8 Å². The number of hydrogen-bond donors (Lipinski definition) is 1. The van der Waals surface area contributed by atoms with Crippen LogP contribution in [0.4, 0.5) is 0 Å². The van der Waals surface area contributed by atoms with E-state index in [1.807, 2.05) is 0 Å². The molecule has 0 aliphatic carbocycles. The van der Waals surface area contributed by atoms with Crippen molar-refractivity contribution in [2.75, 3.05) is 0 Å². The molecule has 0 aliphatic rings. The van der Waals surface area contributed by atoms with Crippen LogP contribution in [0.15, 0.2) is 0 Å².